The zero-order valence-electron chi connectivity index (χ0n) is 11.2. The molecule has 3 rings (SSSR count). The number of hydrogen-bond acceptors (Lipinski definition) is 3. The smallest absolute Gasteiger partial charge is 0.251 e. The SMILES string of the molecule is O=C1Cc2cc(C(=O)NCC3(CCO)CC3)ccc2N1. The van der Waals surface area contributed by atoms with Crippen molar-refractivity contribution in [3.63, 3.8) is 0 Å². The first kappa shape index (κ1) is 13.1. The number of nitrogens with one attached hydrogen (secondary N) is 2. The van der Waals surface area contributed by atoms with Crippen LogP contribution in [0.25, 0.3) is 0 Å². The Bertz CT molecular complexity index is 564. The molecule has 2 aliphatic rings. The Kier molecular flexibility index (Phi) is 3.22. The molecule has 1 heterocycles. The lowest BCUT2D eigenvalue weighted by Gasteiger charge is -2.14. The van der Waals surface area contributed by atoms with E-state index in [9.17, 15) is 9.59 Å². The molecule has 1 saturated carbocycles. The lowest BCUT2D eigenvalue weighted by Crippen LogP contribution is -2.30. The Morgan fingerprint density at radius 1 is 1.40 bits per heavy atom. The Labute approximate surface area is 117 Å². The average Bonchev–Trinajstić information content (AvgIpc) is 3.08. The number of rotatable bonds is 5. The summed E-state index contributed by atoms with van der Waals surface area (Å²) in [5.74, 6) is -0.145. The molecule has 5 heteroatoms. The van der Waals surface area contributed by atoms with Gasteiger partial charge >= 0.3 is 0 Å². The first-order valence-electron chi connectivity index (χ1n) is 6.94. The van der Waals surface area contributed by atoms with Crippen molar-refractivity contribution < 1.29 is 14.7 Å². The molecule has 20 heavy (non-hydrogen) atoms. The summed E-state index contributed by atoms with van der Waals surface area (Å²) in [6.45, 7) is 0.781. The van der Waals surface area contributed by atoms with E-state index in [0.717, 1.165) is 30.5 Å². The molecule has 1 aromatic rings. The van der Waals surface area contributed by atoms with Gasteiger partial charge in [0, 0.05) is 24.4 Å². The van der Waals surface area contributed by atoms with Gasteiger partial charge in [0.2, 0.25) is 5.91 Å². The number of carbonyl (C=O) groups is 2. The molecule has 3 N–H and O–H groups in total. The van der Waals surface area contributed by atoms with E-state index < -0.39 is 0 Å². The van der Waals surface area contributed by atoms with E-state index in [1.165, 1.54) is 0 Å². The normalized spacial score (nSPS) is 18.4. The summed E-state index contributed by atoms with van der Waals surface area (Å²) in [6.07, 6.45) is 3.22. The van der Waals surface area contributed by atoms with Crippen LogP contribution in [-0.4, -0.2) is 30.1 Å². The van der Waals surface area contributed by atoms with Crippen molar-refractivity contribution in [3.05, 3.63) is 29.3 Å². The van der Waals surface area contributed by atoms with E-state index in [1.807, 2.05) is 0 Å². The molecule has 0 saturated heterocycles. The first-order chi connectivity index (χ1) is 9.62. The van der Waals surface area contributed by atoms with Crippen molar-refractivity contribution in [2.45, 2.75) is 25.7 Å². The predicted molar refractivity (Wildman–Crippen MR) is 74.5 cm³/mol. The fraction of sp³-hybridized carbons (Fsp3) is 0.467. The van der Waals surface area contributed by atoms with Gasteiger partial charge in [-0.1, -0.05) is 0 Å². The monoisotopic (exact) mass is 274 g/mol. The quantitative estimate of drug-likeness (QED) is 0.751. The van der Waals surface area contributed by atoms with Gasteiger partial charge in [-0.3, -0.25) is 9.59 Å². The van der Waals surface area contributed by atoms with Crippen LogP contribution in [0.3, 0.4) is 0 Å². The summed E-state index contributed by atoms with van der Waals surface area (Å²) >= 11 is 0. The van der Waals surface area contributed by atoms with Crippen molar-refractivity contribution in [2.24, 2.45) is 5.41 Å². The van der Waals surface area contributed by atoms with Crippen LogP contribution in [0.1, 0.15) is 35.2 Å². The Balaban J connectivity index is 1.63. The Hall–Kier alpha value is -1.88. The first-order valence-corrected chi connectivity index (χ1v) is 6.94. The number of aliphatic hydroxyl groups excluding tert-OH is 1. The molecular weight excluding hydrogens is 256 g/mol. The van der Waals surface area contributed by atoms with Gasteiger partial charge in [0.1, 0.15) is 0 Å². The van der Waals surface area contributed by atoms with Crippen LogP contribution >= 0.6 is 0 Å². The van der Waals surface area contributed by atoms with Crippen LogP contribution in [0, 0.1) is 5.41 Å². The lowest BCUT2D eigenvalue weighted by atomic mass is 10.0. The molecule has 5 nitrogen and oxygen atoms in total. The maximum Gasteiger partial charge on any atom is 0.251 e. The van der Waals surface area contributed by atoms with E-state index in [4.69, 9.17) is 5.11 Å². The van der Waals surface area contributed by atoms with Crippen LogP contribution in [-0.2, 0) is 11.2 Å². The number of amides is 2. The molecule has 1 aromatic carbocycles. The second-order valence-corrected chi connectivity index (χ2v) is 5.75. The van der Waals surface area contributed by atoms with Crippen LogP contribution in [0.4, 0.5) is 5.69 Å². The number of fused-ring (bicyclic) bond motifs is 1. The third-order valence-corrected chi connectivity index (χ3v) is 4.22. The highest BCUT2D eigenvalue weighted by atomic mass is 16.3. The number of carbonyl (C=O) groups excluding carboxylic acids is 2. The molecule has 0 radical (unpaired) electrons. The van der Waals surface area contributed by atoms with Gasteiger partial charge in [-0.2, -0.15) is 0 Å². The predicted octanol–water partition coefficient (Wildman–Crippen LogP) is 1.07. The van der Waals surface area contributed by atoms with E-state index >= 15 is 0 Å². The van der Waals surface area contributed by atoms with Gasteiger partial charge in [0.25, 0.3) is 5.91 Å². The highest BCUT2D eigenvalue weighted by Crippen LogP contribution is 2.47. The van der Waals surface area contributed by atoms with Crippen LogP contribution < -0.4 is 10.6 Å². The van der Waals surface area contributed by atoms with Gasteiger partial charge in [-0.05, 0) is 48.4 Å². The maximum absolute atomic E-state index is 12.1. The zero-order valence-corrected chi connectivity index (χ0v) is 11.2. The third kappa shape index (κ3) is 2.54. The molecular formula is C15H18N2O3. The number of anilines is 1. The molecule has 0 aromatic heterocycles. The topological polar surface area (TPSA) is 78.4 Å². The number of aliphatic hydroxyl groups is 1. The minimum Gasteiger partial charge on any atom is -0.396 e. The molecule has 2 amide bonds. The Morgan fingerprint density at radius 3 is 2.90 bits per heavy atom. The number of hydrogen-bond donors (Lipinski definition) is 3. The summed E-state index contributed by atoms with van der Waals surface area (Å²) in [4.78, 5) is 23.4. The summed E-state index contributed by atoms with van der Waals surface area (Å²) in [5.41, 5.74) is 2.36. The molecule has 106 valence electrons. The summed E-state index contributed by atoms with van der Waals surface area (Å²) in [7, 11) is 0. The highest BCUT2D eigenvalue weighted by Gasteiger charge is 2.41. The minimum atomic E-state index is -0.114. The van der Waals surface area contributed by atoms with Gasteiger partial charge < -0.3 is 15.7 Å². The third-order valence-electron chi connectivity index (χ3n) is 4.22. The Morgan fingerprint density at radius 2 is 2.20 bits per heavy atom. The fourth-order valence-corrected chi connectivity index (χ4v) is 2.67. The summed E-state index contributed by atoms with van der Waals surface area (Å²) in [5, 5.41) is 14.7. The van der Waals surface area contributed by atoms with E-state index in [1.54, 1.807) is 18.2 Å². The van der Waals surface area contributed by atoms with Crippen molar-refractivity contribution in [1.82, 2.24) is 5.32 Å². The average molecular weight is 274 g/mol. The second-order valence-electron chi connectivity index (χ2n) is 5.75. The van der Waals surface area contributed by atoms with Gasteiger partial charge in [-0.25, -0.2) is 0 Å². The van der Waals surface area contributed by atoms with Crippen molar-refractivity contribution in [1.29, 1.82) is 0 Å². The molecule has 0 unspecified atom stereocenters. The van der Waals surface area contributed by atoms with Crippen LogP contribution in [0.5, 0.6) is 0 Å². The summed E-state index contributed by atoms with van der Waals surface area (Å²) < 4.78 is 0. The molecule has 0 bridgehead atoms. The second kappa shape index (κ2) is 4.90. The molecule has 0 atom stereocenters. The summed E-state index contributed by atoms with van der Waals surface area (Å²) in [6, 6.07) is 5.27. The molecule has 1 aliphatic heterocycles. The van der Waals surface area contributed by atoms with Crippen LogP contribution in [0.2, 0.25) is 0 Å². The van der Waals surface area contributed by atoms with E-state index in [2.05, 4.69) is 10.6 Å². The van der Waals surface area contributed by atoms with Gasteiger partial charge in [0.15, 0.2) is 0 Å². The molecule has 1 aliphatic carbocycles. The lowest BCUT2D eigenvalue weighted by molar-refractivity contribution is -0.115. The molecule has 0 spiro atoms. The highest BCUT2D eigenvalue weighted by molar-refractivity contribution is 6.01. The van der Waals surface area contributed by atoms with Crippen LogP contribution in [0.15, 0.2) is 18.2 Å². The zero-order chi connectivity index (χ0) is 14.2. The maximum atomic E-state index is 12.1. The van der Waals surface area contributed by atoms with Crippen molar-refractivity contribution in [3.8, 4) is 0 Å². The largest absolute Gasteiger partial charge is 0.396 e. The van der Waals surface area contributed by atoms with Gasteiger partial charge in [-0.15, -0.1) is 0 Å². The fourth-order valence-electron chi connectivity index (χ4n) is 2.67. The van der Waals surface area contributed by atoms with Gasteiger partial charge in [0.05, 0.1) is 6.42 Å². The number of benzene rings is 1. The van der Waals surface area contributed by atoms with E-state index in [-0.39, 0.29) is 23.8 Å². The van der Waals surface area contributed by atoms with Crippen molar-refractivity contribution >= 4 is 17.5 Å². The molecule has 1 fully saturated rings. The minimum absolute atomic E-state index is 0.0302. The van der Waals surface area contributed by atoms with Crippen molar-refractivity contribution in [2.75, 3.05) is 18.5 Å². The van der Waals surface area contributed by atoms with E-state index in [0.29, 0.717) is 18.5 Å². The standard InChI is InChI=1S/C15H18N2O3/c18-6-5-15(3-4-15)9-16-14(20)10-1-2-12-11(7-10)8-13(19)17-12/h1-2,7,18H,3-6,8-9H2,(H,16,20)(H,17,19).